The van der Waals surface area contributed by atoms with E-state index in [1.807, 2.05) is 91.9 Å². The molecular formula is C26H22N4O2S. The molecule has 2 aromatic heterocycles. The first-order chi connectivity index (χ1) is 16.1. The molecule has 1 N–H and O–H groups in total. The van der Waals surface area contributed by atoms with Crippen LogP contribution >= 0.6 is 11.3 Å². The SMILES string of the molecule is COc1ccc2sc(-n3nc(C)cc3NC(=O)C(c3ccccc3)c3ccccc3)nc2c1. The quantitative estimate of drug-likeness (QED) is 0.364. The van der Waals surface area contributed by atoms with Gasteiger partial charge in [-0.1, -0.05) is 72.0 Å². The number of aromatic nitrogens is 3. The van der Waals surface area contributed by atoms with Crippen molar-refractivity contribution in [2.45, 2.75) is 12.8 Å². The Morgan fingerprint density at radius 3 is 2.27 bits per heavy atom. The lowest BCUT2D eigenvalue weighted by Crippen LogP contribution is -2.23. The summed E-state index contributed by atoms with van der Waals surface area (Å²) < 4.78 is 8.02. The van der Waals surface area contributed by atoms with E-state index in [1.54, 1.807) is 11.8 Å². The van der Waals surface area contributed by atoms with Gasteiger partial charge in [0.05, 0.1) is 28.9 Å². The highest BCUT2D eigenvalue weighted by Gasteiger charge is 2.24. The second kappa shape index (κ2) is 8.88. The summed E-state index contributed by atoms with van der Waals surface area (Å²) in [5.41, 5.74) is 3.47. The number of carbonyl (C=O) groups excluding carboxylic acids is 1. The van der Waals surface area contributed by atoms with Gasteiger partial charge in [0.15, 0.2) is 0 Å². The lowest BCUT2D eigenvalue weighted by Gasteiger charge is -2.18. The summed E-state index contributed by atoms with van der Waals surface area (Å²) in [6.07, 6.45) is 0. The van der Waals surface area contributed by atoms with E-state index in [9.17, 15) is 4.79 Å². The van der Waals surface area contributed by atoms with E-state index in [1.165, 1.54) is 11.3 Å². The van der Waals surface area contributed by atoms with Crippen molar-refractivity contribution in [2.24, 2.45) is 0 Å². The number of rotatable bonds is 6. The van der Waals surface area contributed by atoms with Crippen LogP contribution < -0.4 is 10.1 Å². The summed E-state index contributed by atoms with van der Waals surface area (Å²) in [4.78, 5) is 18.3. The van der Waals surface area contributed by atoms with E-state index in [2.05, 4.69) is 10.4 Å². The van der Waals surface area contributed by atoms with E-state index in [4.69, 9.17) is 9.72 Å². The van der Waals surface area contributed by atoms with Gasteiger partial charge < -0.3 is 10.1 Å². The number of ether oxygens (including phenoxy) is 1. The summed E-state index contributed by atoms with van der Waals surface area (Å²) in [5.74, 6) is 0.755. The summed E-state index contributed by atoms with van der Waals surface area (Å²) in [6, 6.07) is 27.2. The van der Waals surface area contributed by atoms with Gasteiger partial charge >= 0.3 is 0 Å². The van der Waals surface area contributed by atoms with Gasteiger partial charge in [-0.15, -0.1) is 0 Å². The molecule has 0 spiro atoms. The Hall–Kier alpha value is -3.97. The molecule has 0 aliphatic carbocycles. The maximum Gasteiger partial charge on any atom is 0.237 e. The minimum Gasteiger partial charge on any atom is -0.497 e. The highest BCUT2D eigenvalue weighted by atomic mass is 32.1. The number of carbonyl (C=O) groups is 1. The van der Waals surface area contributed by atoms with E-state index < -0.39 is 5.92 Å². The van der Waals surface area contributed by atoms with E-state index >= 15 is 0 Å². The number of amides is 1. The molecule has 0 fully saturated rings. The normalized spacial score (nSPS) is 11.1. The van der Waals surface area contributed by atoms with Crippen molar-refractivity contribution >= 4 is 33.3 Å². The maximum atomic E-state index is 13.6. The van der Waals surface area contributed by atoms with Crippen LogP contribution in [0.15, 0.2) is 84.9 Å². The number of fused-ring (bicyclic) bond motifs is 1. The Labute approximate surface area is 195 Å². The molecule has 33 heavy (non-hydrogen) atoms. The van der Waals surface area contributed by atoms with Crippen LogP contribution in [0.4, 0.5) is 5.82 Å². The number of methoxy groups -OCH3 is 1. The third-order valence-electron chi connectivity index (χ3n) is 5.38. The average Bonchev–Trinajstić information content (AvgIpc) is 3.42. The number of hydrogen-bond acceptors (Lipinski definition) is 5. The van der Waals surface area contributed by atoms with Gasteiger partial charge in [-0.2, -0.15) is 9.78 Å². The van der Waals surface area contributed by atoms with Gasteiger partial charge in [-0.25, -0.2) is 4.98 Å². The van der Waals surface area contributed by atoms with Crippen LogP contribution in [0, 0.1) is 6.92 Å². The molecule has 0 unspecified atom stereocenters. The molecule has 0 saturated heterocycles. The number of hydrogen-bond donors (Lipinski definition) is 1. The topological polar surface area (TPSA) is 69.0 Å². The first-order valence-electron chi connectivity index (χ1n) is 10.5. The number of nitrogens with zero attached hydrogens (tertiary/aromatic N) is 3. The minimum atomic E-state index is -0.448. The van der Waals surface area contributed by atoms with E-state index in [-0.39, 0.29) is 5.91 Å². The molecule has 1 amide bonds. The molecule has 0 radical (unpaired) electrons. The zero-order valence-electron chi connectivity index (χ0n) is 18.2. The molecule has 0 aliphatic heterocycles. The van der Waals surface area contributed by atoms with Crippen LogP contribution in [0.1, 0.15) is 22.7 Å². The monoisotopic (exact) mass is 454 g/mol. The van der Waals surface area contributed by atoms with Crippen LogP contribution in [0.3, 0.4) is 0 Å². The van der Waals surface area contributed by atoms with Gasteiger partial charge in [0.25, 0.3) is 0 Å². The lowest BCUT2D eigenvalue weighted by molar-refractivity contribution is -0.116. The van der Waals surface area contributed by atoms with Crippen LogP contribution in [-0.2, 0) is 4.79 Å². The van der Waals surface area contributed by atoms with Crippen LogP contribution in [-0.4, -0.2) is 27.8 Å². The Bertz CT molecular complexity index is 1370. The largest absolute Gasteiger partial charge is 0.497 e. The Balaban J connectivity index is 1.51. The Morgan fingerprint density at radius 2 is 1.64 bits per heavy atom. The highest BCUT2D eigenvalue weighted by molar-refractivity contribution is 7.20. The number of benzene rings is 3. The zero-order chi connectivity index (χ0) is 22.8. The molecule has 0 bridgehead atoms. The number of aryl methyl sites for hydroxylation is 1. The van der Waals surface area contributed by atoms with Gasteiger partial charge in [0, 0.05) is 12.1 Å². The fraction of sp³-hybridized carbons (Fsp3) is 0.115. The van der Waals surface area contributed by atoms with E-state index in [0.29, 0.717) is 10.9 Å². The first kappa shape index (κ1) is 20.9. The molecule has 164 valence electrons. The average molecular weight is 455 g/mol. The number of thiazole rings is 1. The molecule has 5 aromatic rings. The molecule has 0 saturated carbocycles. The highest BCUT2D eigenvalue weighted by Crippen LogP contribution is 2.31. The van der Waals surface area contributed by atoms with Gasteiger partial charge in [-0.05, 0) is 30.2 Å². The van der Waals surface area contributed by atoms with Crippen molar-refractivity contribution in [3.63, 3.8) is 0 Å². The molecule has 7 heteroatoms. The predicted octanol–water partition coefficient (Wildman–Crippen LogP) is 5.57. The fourth-order valence-electron chi connectivity index (χ4n) is 3.83. The van der Waals surface area contributed by atoms with Crippen LogP contribution in [0.2, 0.25) is 0 Å². The maximum absolute atomic E-state index is 13.6. The summed E-state index contributed by atoms with van der Waals surface area (Å²) in [7, 11) is 1.63. The third-order valence-corrected chi connectivity index (χ3v) is 6.39. The van der Waals surface area contributed by atoms with Gasteiger partial charge in [0.2, 0.25) is 11.0 Å². The molecule has 0 atom stereocenters. The first-order valence-corrected chi connectivity index (χ1v) is 11.4. The van der Waals surface area contributed by atoms with Gasteiger partial charge in [-0.3, -0.25) is 4.79 Å². The molecular weight excluding hydrogens is 432 g/mol. The van der Waals surface area contributed by atoms with Crippen molar-refractivity contribution in [1.82, 2.24) is 14.8 Å². The summed E-state index contributed by atoms with van der Waals surface area (Å²) in [6.45, 7) is 1.90. The van der Waals surface area contributed by atoms with Crippen molar-refractivity contribution in [3.05, 3.63) is 102 Å². The molecule has 6 nitrogen and oxygen atoms in total. The molecule has 0 aliphatic rings. The summed E-state index contributed by atoms with van der Waals surface area (Å²) in [5, 5.41) is 8.37. The number of anilines is 1. The van der Waals surface area contributed by atoms with Crippen LogP contribution in [0.5, 0.6) is 5.75 Å². The smallest absolute Gasteiger partial charge is 0.237 e. The zero-order valence-corrected chi connectivity index (χ0v) is 19.0. The summed E-state index contributed by atoms with van der Waals surface area (Å²) >= 11 is 1.51. The predicted molar refractivity (Wildman–Crippen MR) is 131 cm³/mol. The minimum absolute atomic E-state index is 0.128. The van der Waals surface area contributed by atoms with Crippen LogP contribution in [0.25, 0.3) is 15.3 Å². The second-order valence-corrected chi connectivity index (χ2v) is 8.67. The molecule has 2 heterocycles. The van der Waals surface area contributed by atoms with Crippen molar-refractivity contribution in [2.75, 3.05) is 12.4 Å². The fourth-order valence-corrected chi connectivity index (χ4v) is 4.74. The Kier molecular flexibility index (Phi) is 5.62. The second-order valence-electron chi connectivity index (χ2n) is 7.66. The Morgan fingerprint density at radius 1 is 0.970 bits per heavy atom. The molecule has 3 aromatic carbocycles. The number of nitrogens with one attached hydrogen (secondary N) is 1. The molecule has 5 rings (SSSR count). The van der Waals surface area contributed by atoms with Crippen molar-refractivity contribution in [3.8, 4) is 10.9 Å². The standard InChI is InChI=1S/C26H22N4O2S/c1-17-15-23(30(29-17)26-27-21-16-20(32-2)13-14-22(21)33-26)28-25(31)24(18-9-5-3-6-10-18)19-11-7-4-8-12-19/h3-16,24H,1-2H3,(H,28,31). The third kappa shape index (κ3) is 4.23. The van der Waals surface area contributed by atoms with Gasteiger partial charge in [0.1, 0.15) is 11.6 Å². The van der Waals surface area contributed by atoms with Crippen molar-refractivity contribution < 1.29 is 9.53 Å². The van der Waals surface area contributed by atoms with Crippen molar-refractivity contribution in [1.29, 1.82) is 0 Å². The van der Waals surface area contributed by atoms with E-state index in [0.717, 1.165) is 32.8 Å². The lowest BCUT2D eigenvalue weighted by atomic mass is 9.90.